The molecule has 1 aromatic carbocycles. The van der Waals surface area contributed by atoms with Gasteiger partial charge in [-0.2, -0.15) is 0 Å². The topological polar surface area (TPSA) is 21.3 Å². The third-order valence-corrected chi connectivity index (χ3v) is 5.71. The maximum Gasteiger partial charge on any atom is 0.129 e. The van der Waals surface area contributed by atoms with Crippen LogP contribution < -0.4 is 10.1 Å². The highest BCUT2D eigenvalue weighted by Crippen LogP contribution is 2.53. The second-order valence-corrected chi connectivity index (χ2v) is 9.26. The lowest BCUT2D eigenvalue weighted by molar-refractivity contribution is 0.0259. The second kappa shape index (κ2) is 16.2. The summed E-state index contributed by atoms with van der Waals surface area (Å²) in [6, 6.07) is 5.65. The SMILES string of the molecule is C=C(C)NC(C)C.CC.CCCC1(CCC)CC(CCCOc2ccc(C)c(F)c2)C1. The van der Waals surface area contributed by atoms with Crippen molar-refractivity contribution < 1.29 is 9.13 Å². The van der Waals surface area contributed by atoms with Crippen LogP contribution in [0, 0.1) is 24.1 Å². The van der Waals surface area contributed by atoms with Crippen molar-refractivity contribution in [3.05, 3.63) is 41.9 Å². The molecule has 0 atom stereocenters. The molecule has 0 radical (unpaired) electrons. The van der Waals surface area contributed by atoms with Crippen molar-refractivity contribution in [3.63, 3.8) is 0 Å². The van der Waals surface area contributed by atoms with Gasteiger partial charge in [0.2, 0.25) is 0 Å². The molecule has 2 nitrogen and oxygen atoms in total. The molecular formula is C28H50FNO. The number of rotatable bonds is 11. The number of aryl methyl sites for hydroxylation is 1. The fourth-order valence-corrected chi connectivity index (χ4v) is 4.68. The predicted molar refractivity (Wildman–Crippen MR) is 135 cm³/mol. The Hall–Kier alpha value is -1.51. The van der Waals surface area contributed by atoms with Gasteiger partial charge in [-0.1, -0.05) is 53.2 Å². The first kappa shape index (κ1) is 29.5. The van der Waals surface area contributed by atoms with E-state index >= 15 is 0 Å². The smallest absolute Gasteiger partial charge is 0.129 e. The summed E-state index contributed by atoms with van der Waals surface area (Å²) in [5, 5.41) is 3.11. The van der Waals surface area contributed by atoms with Gasteiger partial charge in [0.05, 0.1) is 6.61 Å². The van der Waals surface area contributed by atoms with Gasteiger partial charge >= 0.3 is 0 Å². The van der Waals surface area contributed by atoms with Crippen LogP contribution in [-0.2, 0) is 0 Å². The van der Waals surface area contributed by atoms with Gasteiger partial charge in [0.15, 0.2) is 0 Å². The van der Waals surface area contributed by atoms with Crippen LogP contribution in [0.15, 0.2) is 30.5 Å². The average Bonchev–Trinajstić information content (AvgIpc) is 2.67. The molecule has 1 saturated carbocycles. The van der Waals surface area contributed by atoms with Gasteiger partial charge in [-0.3, -0.25) is 0 Å². The van der Waals surface area contributed by atoms with Crippen molar-refractivity contribution in [2.24, 2.45) is 11.3 Å². The Balaban J connectivity index is 0.000000852. The lowest BCUT2D eigenvalue weighted by Gasteiger charge is -2.48. The van der Waals surface area contributed by atoms with Crippen molar-refractivity contribution in [1.29, 1.82) is 0 Å². The number of hydrogen-bond acceptors (Lipinski definition) is 2. The Morgan fingerprint density at radius 2 is 1.77 bits per heavy atom. The molecule has 0 saturated heterocycles. The molecule has 1 fully saturated rings. The maximum absolute atomic E-state index is 13.4. The third-order valence-electron chi connectivity index (χ3n) is 5.71. The largest absolute Gasteiger partial charge is 0.493 e. The third kappa shape index (κ3) is 12.2. The minimum atomic E-state index is -0.180. The van der Waals surface area contributed by atoms with Crippen LogP contribution in [0.3, 0.4) is 0 Å². The molecule has 1 N–H and O–H groups in total. The summed E-state index contributed by atoms with van der Waals surface area (Å²) < 4.78 is 19.1. The zero-order valence-electron chi connectivity index (χ0n) is 21.7. The maximum atomic E-state index is 13.4. The standard InChI is InChI=1S/C20H31FO.C6H13N.C2H6/c1-4-10-20(11-5-2)14-17(15-20)7-6-12-22-18-9-8-16(3)19(21)13-18;1-5(2)7-6(3)4;1-2/h8-9,13,17H,4-7,10-12,14-15H2,1-3H3;6-7H,1H2,2-4H3;1-2H3. The van der Waals surface area contributed by atoms with Crippen LogP contribution in [0.25, 0.3) is 0 Å². The average molecular weight is 436 g/mol. The van der Waals surface area contributed by atoms with Crippen molar-refractivity contribution in [3.8, 4) is 5.75 Å². The number of hydrogen-bond donors (Lipinski definition) is 1. The van der Waals surface area contributed by atoms with Gasteiger partial charge in [0.1, 0.15) is 11.6 Å². The van der Waals surface area contributed by atoms with Crippen LogP contribution in [0.2, 0.25) is 0 Å². The number of allylic oxidation sites excluding steroid dienone is 1. The molecule has 0 heterocycles. The van der Waals surface area contributed by atoms with E-state index in [1.807, 2.05) is 26.8 Å². The normalized spacial score (nSPS) is 14.5. The summed E-state index contributed by atoms with van der Waals surface area (Å²) in [6.07, 6.45) is 10.6. The fraction of sp³-hybridized carbons (Fsp3) is 0.714. The molecule has 0 bridgehead atoms. The van der Waals surface area contributed by atoms with Crippen LogP contribution in [0.1, 0.15) is 105 Å². The van der Waals surface area contributed by atoms with E-state index in [1.54, 1.807) is 13.0 Å². The first-order valence-electron chi connectivity index (χ1n) is 12.5. The van der Waals surface area contributed by atoms with Crippen molar-refractivity contribution in [1.82, 2.24) is 5.32 Å². The highest BCUT2D eigenvalue weighted by molar-refractivity contribution is 5.27. The molecule has 2 rings (SSSR count). The highest BCUT2D eigenvalue weighted by Gasteiger charge is 2.41. The quantitative estimate of drug-likeness (QED) is 0.350. The molecule has 31 heavy (non-hydrogen) atoms. The van der Waals surface area contributed by atoms with Gasteiger partial charge in [-0.15, -0.1) is 0 Å². The van der Waals surface area contributed by atoms with E-state index < -0.39 is 0 Å². The number of benzene rings is 1. The van der Waals surface area contributed by atoms with Crippen LogP contribution in [0.5, 0.6) is 5.75 Å². The molecule has 0 aliphatic heterocycles. The molecule has 1 aromatic rings. The summed E-state index contributed by atoms with van der Waals surface area (Å²) in [4.78, 5) is 0. The zero-order valence-corrected chi connectivity index (χ0v) is 21.7. The van der Waals surface area contributed by atoms with E-state index in [0.717, 1.165) is 18.0 Å². The minimum absolute atomic E-state index is 0.180. The van der Waals surface area contributed by atoms with Gasteiger partial charge in [0.25, 0.3) is 0 Å². The van der Waals surface area contributed by atoms with Crippen molar-refractivity contribution in [2.45, 2.75) is 113 Å². The summed E-state index contributed by atoms with van der Waals surface area (Å²) in [7, 11) is 0. The molecule has 180 valence electrons. The Morgan fingerprint density at radius 1 is 1.19 bits per heavy atom. The van der Waals surface area contributed by atoms with E-state index in [4.69, 9.17) is 4.74 Å². The van der Waals surface area contributed by atoms with E-state index in [-0.39, 0.29) is 5.82 Å². The van der Waals surface area contributed by atoms with Crippen LogP contribution in [-0.4, -0.2) is 12.6 Å². The van der Waals surface area contributed by atoms with E-state index in [1.165, 1.54) is 51.0 Å². The van der Waals surface area contributed by atoms with Gasteiger partial charge in [-0.25, -0.2) is 4.39 Å². The molecule has 0 spiro atoms. The molecular weight excluding hydrogens is 385 g/mol. The number of halogens is 1. The molecule has 1 aliphatic carbocycles. The van der Waals surface area contributed by atoms with Gasteiger partial charge in [0, 0.05) is 17.8 Å². The molecule has 3 heteroatoms. The van der Waals surface area contributed by atoms with E-state index in [9.17, 15) is 4.39 Å². The Bertz CT molecular complexity index is 597. The van der Waals surface area contributed by atoms with Gasteiger partial charge < -0.3 is 10.1 Å². The fourth-order valence-electron chi connectivity index (χ4n) is 4.68. The van der Waals surface area contributed by atoms with Crippen molar-refractivity contribution in [2.75, 3.05) is 6.61 Å². The van der Waals surface area contributed by atoms with E-state index in [0.29, 0.717) is 29.4 Å². The Kier molecular flexibility index (Phi) is 15.4. The van der Waals surface area contributed by atoms with E-state index in [2.05, 4.69) is 39.6 Å². The Morgan fingerprint density at radius 3 is 2.19 bits per heavy atom. The second-order valence-electron chi connectivity index (χ2n) is 9.26. The van der Waals surface area contributed by atoms with Gasteiger partial charge in [-0.05, 0) is 89.2 Å². The number of nitrogens with one attached hydrogen (secondary N) is 1. The summed E-state index contributed by atoms with van der Waals surface area (Å²) in [6.45, 7) is 20.9. The predicted octanol–water partition coefficient (Wildman–Crippen LogP) is 8.83. The lowest BCUT2D eigenvalue weighted by Crippen LogP contribution is -2.37. The molecule has 0 aromatic heterocycles. The summed E-state index contributed by atoms with van der Waals surface area (Å²) in [5.41, 5.74) is 2.37. The zero-order chi connectivity index (χ0) is 23.9. The van der Waals surface area contributed by atoms with Crippen LogP contribution >= 0.6 is 0 Å². The van der Waals surface area contributed by atoms with Crippen LogP contribution in [0.4, 0.5) is 4.39 Å². The lowest BCUT2D eigenvalue weighted by atomic mass is 9.57. The molecule has 0 amide bonds. The Labute approximate surface area is 193 Å². The first-order valence-corrected chi connectivity index (χ1v) is 12.5. The minimum Gasteiger partial charge on any atom is -0.493 e. The highest BCUT2D eigenvalue weighted by atomic mass is 19.1. The summed E-state index contributed by atoms with van der Waals surface area (Å²) in [5.74, 6) is 1.36. The molecule has 0 unspecified atom stereocenters. The summed E-state index contributed by atoms with van der Waals surface area (Å²) >= 11 is 0. The molecule has 1 aliphatic rings. The monoisotopic (exact) mass is 435 g/mol. The first-order chi connectivity index (χ1) is 14.7. The number of ether oxygens (including phenoxy) is 1. The van der Waals surface area contributed by atoms with Crippen molar-refractivity contribution >= 4 is 0 Å².